The molecule has 0 saturated heterocycles. The minimum Gasteiger partial charge on any atom is -0.321 e. The van der Waals surface area contributed by atoms with Gasteiger partial charge in [0, 0.05) is 31.5 Å². The smallest absolute Gasteiger partial charge is 0.273 e. The molecule has 1 aromatic heterocycles. The molecule has 2 rings (SSSR count). The fourth-order valence-electron chi connectivity index (χ4n) is 1.82. The molecular weight excluding hydrogens is 252 g/mol. The Kier molecular flexibility index (Phi) is 4.53. The molecule has 20 heavy (non-hydrogen) atoms. The Labute approximate surface area is 119 Å². The summed E-state index contributed by atoms with van der Waals surface area (Å²) in [5, 5.41) is 10.2. The SMILES string of the molecule is CC(C)NCc1ccc(NC(=O)c2ccnn2C)cc1. The summed E-state index contributed by atoms with van der Waals surface area (Å²) in [5.41, 5.74) is 2.51. The molecule has 2 aromatic rings. The van der Waals surface area contributed by atoms with Crippen LogP contribution in [-0.4, -0.2) is 21.7 Å². The number of hydrogen-bond acceptors (Lipinski definition) is 3. The van der Waals surface area contributed by atoms with E-state index in [1.807, 2.05) is 24.3 Å². The van der Waals surface area contributed by atoms with Crippen LogP contribution in [0, 0.1) is 0 Å². The maximum Gasteiger partial charge on any atom is 0.273 e. The lowest BCUT2D eigenvalue weighted by Gasteiger charge is -2.09. The van der Waals surface area contributed by atoms with Crippen molar-refractivity contribution in [3.63, 3.8) is 0 Å². The Morgan fingerprint density at radius 2 is 1.95 bits per heavy atom. The standard InChI is InChI=1S/C15H20N4O/c1-11(2)16-10-12-4-6-13(7-5-12)18-15(20)14-8-9-17-19(14)3/h4-9,11,16H,10H2,1-3H3,(H,18,20). The number of aromatic nitrogens is 2. The first-order chi connectivity index (χ1) is 9.56. The molecule has 0 fully saturated rings. The molecule has 1 amide bonds. The lowest BCUT2D eigenvalue weighted by Crippen LogP contribution is -2.21. The Hall–Kier alpha value is -2.14. The van der Waals surface area contributed by atoms with Gasteiger partial charge in [0.05, 0.1) is 0 Å². The van der Waals surface area contributed by atoms with Gasteiger partial charge in [-0.05, 0) is 23.8 Å². The normalized spacial score (nSPS) is 10.8. The molecular formula is C15H20N4O. The Balaban J connectivity index is 1.97. The fraction of sp³-hybridized carbons (Fsp3) is 0.333. The molecule has 0 radical (unpaired) electrons. The zero-order chi connectivity index (χ0) is 14.5. The highest BCUT2D eigenvalue weighted by molar-refractivity contribution is 6.02. The minimum atomic E-state index is -0.155. The molecule has 2 N–H and O–H groups in total. The topological polar surface area (TPSA) is 58.9 Å². The van der Waals surface area contributed by atoms with Crippen LogP contribution < -0.4 is 10.6 Å². The molecule has 0 aliphatic rings. The van der Waals surface area contributed by atoms with Crippen LogP contribution in [0.3, 0.4) is 0 Å². The first kappa shape index (κ1) is 14.3. The number of rotatable bonds is 5. The molecule has 5 heteroatoms. The molecule has 0 saturated carbocycles. The highest BCUT2D eigenvalue weighted by Crippen LogP contribution is 2.11. The highest BCUT2D eigenvalue weighted by atomic mass is 16.2. The van der Waals surface area contributed by atoms with Crippen molar-refractivity contribution in [3.05, 3.63) is 47.8 Å². The van der Waals surface area contributed by atoms with Crippen LogP contribution >= 0.6 is 0 Å². The van der Waals surface area contributed by atoms with Crippen molar-refractivity contribution in [1.82, 2.24) is 15.1 Å². The second kappa shape index (κ2) is 6.34. The highest BCUT2D eigenvalue weighted by Gasteiger charge is 2.09. The zero-order valence-electron chi connectivity index (χ0n) is 12.1. The summed E-state index contributed by atoms with van der Waals surface area (Å²) in [7, 11) is 1.75. The lowest BCUT2D eigenvalue weighted by molar-refractivity contribution is 0.101. The molecule has 1 aromatic carbocycles. The molecule has 106 valence electrons. The van der Waals surface area contributed by atoms with Gasteiger partial charge in [0.15, 0.2) is 0 Å². The first-order valence-electron chi connectivity index (χ1n) is 6.68. The van der Waals surface area contributed by atoms with Crippen molar-refractivity contribution in [2.75, 3.05) is 5.32 Å². The van der Waals surface area contributed by atoms with Crippen LogP contribution in [0.4, 0.5) is 5.69 Å². The van der Waals surface area contributed by atoms with Gasteiger partial charge in [-0.25, -0.2) is 0 Å². The maximum atomic E-state index is 12.0. The number of carbonyl (C=O) groups excluding carboxylic acids is 1. The van der Waals surface area contributed by atoms with E-state index in [1.165, 1.54) is 5.56 Å². The third-order valence-corrected chi connectivity index (χ3v) is 2.98. The van der Waals surface area contributed by atoms with Gasteiger partial charge >= 0.3 is 0 Å². The molecule has 1 heterocycles. The number of amides is 1. The lowest BCUT2D eigenvalue weighted by atomic mass is 10.2. The van der Waals surface area contributed by atoms with Gasteiger partial charge in [-0.3, -0.25) is 9.48 Å². The summed E-state index contributed by atoms with van der Waals surface area (Å²) in [6.07, 6.45) is 1.61. The van der Waals surface area contributed by atoms with Crippen LogP contribution in [0.5, 0.6) is 0 Å². The van der Waals surface area contributed by atoms with E-state index < -0.39 is 0 Å². The predicted molar refractivity (Wildman–Crippen MR) is 79.6 cm³/mol. The van der Waals surface area contributed by atoms with E-state index in [9.17, 15) is 4.79 Å². The van der Waals surface area contributed by atoms with Crippen LogP contribution in [0.15, 0.2) is 36.5 Å². The van der Waals surface area contributed by atoms with Gasteiger partial charge in [0.2, 0.25) is 0 Å². The first-order valence-corrected chi connectivity index (χ1v) is 6.68. The van der Waals surface area contributed by atoms with E-state index >= 15 is 0 Å². The van der Waals surface area contributed by atoms with Crippen molar-refractivity contribution in [1.29, 1.82) is 0 Å². The number of anilines is 1. The number of nitrogens with zero attached hydrogens (tertiary/aromatic N) is 2. The summed E-state index contributed by atoms with van der Waals surface area (Å²) in [6, 6.07) is 9.98. The third-order valence-electron chi connectivity index (χ3n) is 2.98. The van der Waals surface area contributed by atoms with Crippen LogP contribution in [0.25, 0.3) is 0 Å². The van der Waals surface area contributed by atoms with Gasteiger partial charge in [0.25, 0.3) is 5.91 Å². The Morgan fingerprint density at radius 3 is 2.50 bits per heavy atom. The number of nitrogens with one attached hydrogen (secondary N) is 2. The summed E-state index contributed by atoms with van der Waals surface area (Å²) in [6.45, 7) is 5.05. The average molecular weight is 272 g/mol. The molecule has 0 bridgehead atoms. The fourth-order valence-corrected chi connectivity index (χ4v) is 1.82. The largest absolute Gasteiger partial charge is 0.321 e. The van der Waals surface area contributed by atoms with Crippen molar-refractivity contribution in [3.8, 4) is 0 Å². The second-order valence-electron chi connectivity index (χ2n) is 5.03. The zero-order valence-corrected chi connectivity index (χ0v) is 12.1. The van der Waals surface area contributed by atoms with Gasteiger partial charge < -0.3 is 10.6 Å². The molecule has 0 aliphatic carbocycles. The quantitative estimate of drug-likeness (QED) is 0.877. The maximum absolute atomic E-state index is 12.0. The van der Waals surface area contributed by atoms with E-state index in [2.05, 4.69) is 29.6 Å². The van der Waals surface area contributed by atoms with Crippen molar-refractivity contribution in [2.24, 2.45) is 7.05 Å². The molecule has 0 unspecified atom stereocenters. The second-order valence-corrected chi connectivity index (χ2v) is 5.03. The van der Waals surface area contributed by atoms with E-state index in [1.54, 1.807) is 24.0 Å². The van der Waals surface area contributed by atoms with Gasteiger partial charge in [-0.2, -0.15) is 5.10 Å². The Morgan fingerprint density at radius 1 is 1.25 bits per heavy atom. The molecule has 0 spiro atoms. The summed E-state index contributed by atoms with van der Waals surface area (Å²) in [5.74, 6) is -0.155. The number of benzene rings is 1. The number of carbonyl (C=O) groups is 1. The van der Waals surface area contributed by atoms with Crippen molar-refractivity contribution >= 4 is 11.6 Å². The summed E-state index contributed by atoms with van der Waals surface area (Å²) in [4.78, 5) is 12.0. The van der Waals surface area contributed by atoms with Crippen LogP contribution in [0.2, 0.25) is 0 Å². The van der Waals surface area contributed by atoms with Gasteiger partial charge in [0.1, 0.15) is 5.69 Å². The average Bonchev–Trinajstić information content (AvgIpc) is 2.84. The summed E-state index contributed by atoms with van der Waals surface area (Å²) >= 11 is 0. The molecule has 0 aliphatic heterocycles. The van der Waals surface area contributed by atoms with Gasteiger partial charge in [-0.15, -0.1) is 0 Å². The third kappa shape index (κ3) is 3.68. The molecule has 0 atom stereocenters. The molecule has 5 nitrogen and oxygen atoms in total. The van der Waals surface area contributed by atoms with Crippen molar-refractivity contribution < 1.29 is 4.79 Å². The number of hydrogen-bond donors (Lipinski definition) is 2. The Bertz CT molecular complexity index is 572. The number of aryl methyl sites for hydroxylation is 1. The summed E-state index contributed by atoms with van der Waals surface area (Å²) < 4.78 is 1.55. The van der Waals surface area contributed by atoms with E-state index in [-0.39, 0.29) is 5.91 Å². The van der Waals surface area contributed by atoms with Crippen molar-refractivity contribution in [2.45, 2.75) is 26.4 Å². The monoisotopic (exact) mass is 272 g/mol. The van der Waals surface area contributed by atoms with E-state index in [0.29, 0.717) is 11.7 Å². The van der Waals surface area contributed by atoms with Crippen LogP contribution in [-0.2, 0) is 13.6 Å². The predicted octanol–water partition coefficient (Wildman–Crippen LogP) is 2.17. The minimum absolute atomic E-state index is 0.155. The van der Waals surface area contributed by atoms with E-state index in [4.69, 9.17) is 0 Å². The van der Waals surface area contributed by atoms with Crippen LogP contribution in [0.1, 0.15) is 29.9 Å². The van der Waals surface area contributed by atoms with Gasteiger partial charge in [-0.1, -0.05) is 26.0 Å². The van der Waals surface area contributed by atoms with E-state index in [0.717, 1.165) is 12.2 Å².